The Bertz CT molecular complexity index is 378. The van der Waals surface area contributed by atoms with E-state index in [1.165, 1.54) is 0 Å². The third-order valence-corrected chi connectivity index (χ3v) is 2.97. The van der Waals surface area contributed by atoms with Gasteiger partial charge < -0.3 is 15.5 Å². The van der Waals surface area contributed by atoms with E-state index >= 15 is 0 Å². The normalized spacial score (nSPS) is 24.4. The lowest BCUT2D eigenvalue weighted by Gasteiger charge is -2.14. The molecule has 3 N–H and O–H groups in total. The first-order valence-electron chi connectivity index (χ1n) is 6.33. The largest absolute Gasteiger partial charge is 0.389 e. The van der Waals surface area contributed by atoms with E-state index in [0.717, 1.165) is 18.7 Å². The fourth-order valence-corrected chi connectivity index (χ4v) is 2.01. The van der Waals surface area contributed by atoms with E-state index < -0.39 is 12.2 Å². The molecule has 1 aromatic rings. The second kappa shape index (κ2) is 6.08. The minimum atomic E-state index is -0.649. The Morgan fingerprint density at radius 1 is 1.39 bits per heavy atom. The number of β-amino-alcohol motifs (C(OH)–C–C–N with tert-alkyl or cyclic N) is 2. The third kappa shape index (κ3) is 3.38. The second-order valence-corrected chi connectivity index (χ2v) is 4.63. The first-order chi connectivity index (χ1) is 8.69. The Hall–Kier alpha value is -1.24. The predicted molar refractivity (Wildman–Crippen MR) is 68.1 cm³/mol. The van der Waals surface area contributed by atoms with Crippen LogP contribution in [0.4, 0.5) is 5.95 Å². The van der Waals surface area contributed by atoms with Crippen LogP contribution in [0.3, 0.4) is 0 Å². The molecular weight excluding hydrogens is 232 g/mol. The summed E-state index contributed by atoms with van der Waals surface area (Å²) in [6.45, 7) is 4.54. The van der Waals surface area contributed by atoms with Crippen molar-refractivity contribution >= 4 is 5.95 Å². The van der Waals surface area contributed by atoms with Crippen molar-refractivity contribution in [2.75, 3.05) is 25.0 Å². The average molecular weight is 252 g/mol. The van der Waals surface area contributed by atoms with Crippen LogP contribution < -0.4 is 5.32 Å². The lowest BCUT2D eigenvalue weighted by molar-refractivity contribution is 0.0572. The van der Waals surface area contributed by atoms with Gasteiger partial charge >= 0.3 is 0 Å². The lowest BCUT2D eigenvalue weighted by Crippen LogP contribution is -2.22. The number of nitrogens with zero attached hydrogens (tertiary/aromatic N) is 3. The molecule has 100 valence electrons. The van der Waals surface area contributed by atoms with E-state index in [1.807, 2.05) is 11.0 Å². The molecule has 18 heavy (non-hydrogen) atoms. The van der Waals surface area contributed by atoms with Gasteiger partial charge in [0.25, 0.3) is 0 Å². The fourth-order valence-electron chi connectivity index (χ4n) is 2.01. The first-order valence-corrected chi connectivity index (χ1v) is 6.33. The van der Waals surface area contributed by atoms with Crippen molar-refractivity contribution < 1.29 is 10.2 Å². The number of hydrogen-bond acceptors (Lipinski definition) is 6. The summed E-state index contributed by atoms with van der Waals surface area (Å²) in [4.78, 5) is 10.5. The van der Waals surface area contributed by atoms with Crippen LogP contribution in [0.15, 0.2) is 12.3 Å². The molecule has 2 unspecified atom stereocenters. The number of nitrogens with one attached hydrogen (secondary N) is 1. The maximum atomic E-state index is 9.48. The molecule has 2 atom stereocenters. The summed E-state index contributed by atoms with van der Waals surface area (Å²) in [7, 11) is 0. The Labute approximate surface area is 107 Å². The fraction of sp³-hybridized carbons (Fsp3) is 0.667. The minimum Gasteiger partial charge on any atom is -0.389 e. The van der Waals surface area contributed by atoms with Gasteiger partial charge in [0.2, 0.25) is 5.95 Å². The van der Waals surface area contributed by atoms with Crippen LogP contribution in [-0.2, 0) is 6.54 Å². The van der Waals surface area contributed by atoms with Gasteiger partial charge in [0.15, 0.2) is 0 Å². The van der Waals surface area contributed by atoms with Crippen molar-refractivity contribution in [1.29, 1.82) is 0 Å². The summed E-state index contributed by atoms with van der Waals surface area (Å²) in [5.74, 6) is 0.634. The highest BCUT2D eigenvalue weighted by atomic mass is 16.3. The summed E-state index contributed by atoms with van der Waals surface area (Å²) in [6, 6.07) is 1.86. The van der Waals surface area contributed by atoms with Crippen LogP contribution in [0.1, 0.15) is 19.0 Å². The molecule has 2 heterocycles. The summed E-state index contributed by atoms with van der Waals surface area (Å²) in [5, 5.41) is 22.1. The van der Waals surface area contributed by atoms with Gasteiger partial charge in [-0.05, 0) is 12.5 Å². The number of likely N-dealkylation sites (tertiary alicyclic amines) is 1. The molecule has 0 amide bonds. The van der Waals surface area contributed by atoms with Crippen LogP contribution in [0.5, 0.6) is 0 Å². The predicted octanol–water partition coefficient (Wildman–Crippen LogP) is -0.164. The van der Waals surface area contributed by atoms with Crippen molar-refractivity contribution in [3.8, 4) is 0 Å². The SMILES string of the molecule is CCCNc1nccc(CN2CC(O)C(O)C2)n1. The zero-order valence-corrected chi connectivity index (χ0v) is 10.6. The molecule has 0 aliphatic carbocycles. The minimum absolute atomic E-state index is 0.489. The molecular formula is C12H20N4O2. The van der Waals surface area contributed by atoms with Crippen molar-refractivity contribution in [1.82, 2.24) is 14.9 Å². The lowest BCUT2D eigenvalue weighted by atomic mass is 10.3. The monoisotopic (exact) mass is 252 g/mol. The maximum Gasteiger partial charge on any atom is 0.222 e. The zero-order chi connectivity index (χ0) is 13.0. The molecule has 2 rings (SSSR count). The molecule has 1 aromatic heterocycles. The maximum absolute atomic E-state index is 9.48. The van der Waals surface area contributed by atoms with Crippen LogP contribution in [0.25, 0.3) is 0 Å². The Balaban J connectivity index is 1.93. The number of anilines is 1. The highest BCUT2D eigenvalue weighted by Crippen LogP contribution is 2.13. The van der Waals surface area contributed by atoms with Crippen molar-refractivity contribution in [2.45, 2.75) is 32.1 Å². The van der Waals surface area contributed by atoms with E-state index in [1.54, 1.807) is 6.20 Å². The Morgan fingerprint density at radius 2 is 2.11 bits per heavy atom. The molecule has 0 bridgehead atoms. The topological polar surface area (TPSA) is 81.5 Å². The summed E-state index contributed by atoms with van der Waals surface area (Å²) in [5.41, 5.74) is 0.893. The third-order valence-electron chi connectivity index (χ3n) is 2.97. The van der Waals surface area contributed by atoms with Gasteiger partial charge in [-0.25, -0.2) is 9.97 Å². The average Bonchev–Trinajstić information content (AvgIpc) is 2.66. The molecule has 0 spiro atoms. The van der Waals surface area contributed by atoms with Crippen LogP contribution in [0, 0.1) is 0 Å². The van der Waals surface area contributed by atoms with Gasteiger partial charge in [-0.15, -0.1) is 0 Å². The van der Waals surface area contributed by atoms with Gasteiger partial charge in [0.1, 0.15) is 0 Å². The van der Waals surface area contributed by atoms with Gasteiger partial charge in [-0.3, -0.25) is 4.90 Å². The molecule has 1 saturated heterocycles. The standard InChI is InChI=1S/C12H20N4O2/c1-2-4-13-12-14-5-3-9(15-12)6-16-7-10(17)11(18)8-16/h3,5,10-11,17-18H,2,4,6-8H2,1H3,(H,13,14,15). The quantitative estimate of drug-likeness (QED) is 0.675. The molecule has 1 aliphatic heterocycles. The van der Waals surface area contributed by atoms with E-state index in [-0.39, 0.29) is 0 Å². The summed E-state index contributed by atoms with van der Waals surface area (Å²) < 4.78 is 0. The number of hydrogen-bond donors (Lipinski definition) is 3. The van der Waals surface area contributed by atoms with Crippen molar-refractivity contribution in [3.05, 3.63) is 18.0 Å². The van der Waals surface area contributed by atoms with Crippen LogP contribution in [0.2, 0.25) is 0 Å². The summed E-state index contributed by atoms with van der Waals surface area (Å²) >= 11 is 0. The summed E-state index contributed by atoms with van der Waals surface area (Å²) in [6.07, 6.45) is 1.45. The number of rotatable bonds is 5. The molecule has 0 aromatic carbocycles. The van der Waals surface area contributed by atoms with Crippen LogP contribution >= 0.6 is 0 Å². The number of aliphatic hydroxyl groups excluding tert-OH is 2. The van der Waals surface area contributed by atoms with E-state index in [0.29, 0.717) is 25.6 Å². The van der Waals surface area contributed by atoms with Gasteiger partial charge in [0, 0.05) is 32.4 Å². The first kappa shape index (κ1) is 13.2. The zero-order valence-electron chi connectivity index (χ0n) is 10.6. The smallest absolute Gasteiger partial charge is 0.222 e. The second-order valence-electron chi connectivity index (χ2n) is 4.63. The van der Waals surface area contributed by atoms with Crippen molar-refractivity contribution in [2.24, 2.45) is 0 Å². The number of aliphatic hydroxyl groups is 2. The molecule has 0 saturated carbocycles. The van der Waals surface area contributed by atoms with Gasteiger partial charge in [0.05, 0.1) is 17.9 Å². The van der Waals surface area contributed by atoms with E-state index in [2.05, 4.69) is 22.2 Å². The van der Waals surface area contributed by atoms with Crippen LogP contribution in [-0.4, -0.2) is 56.9 Å². The van der Waals surface area contributed by atoms with Crippen molar-refractivity contribution in [3.63, 3.8) is 0 Å². The van der Waals surface area contributed by atoms with E-state index in [4.69, 9.17) is 0 Å². The van der Waals surface area contributed by atoms with Gasteiger partial charge in [-0.2, -0.15) is 0 Å². The molecule has 6 heteroatoms. The van der Waals surface area contributed by atoms with E-state index in [9.17, 15) is 10.2 Å². The number of aromatic nitrogens is 2. The Kier molecular flexibility index (Phi) is 4.46. The van der Waals surface area contributed by atoms with Gasteiger partial charge in [-0.1, -0.05) is 6.92 Å². The molecule has 0 radical (unpaired) electrons. The Morgan fingerprint density at radius 3 is 2.78 bits per heavy atom. The molecule has 6 nitrogen and oxygen atoms in total. The molecule has 1 aliphatic rings. The highest BCUT2D eigenvalue weighted by Gasteiger charge is 2.29. The highest BCUT2D eigenvalue weighted by molar-refractivity contribution is 5.24. The molecule has 1 fully saturated rings.